The summed E-state index contributed by atoms with van der Waals surface area (Å²) in [7, 11) is 3.28. The first kappa shape index (κ1) is 31.2. The van der Waals surface area contributed by atoms with Crippen LogP contribution in [0, 0.1) is 0 Å². The van der Waals surface area contributed by atoms with Gasteiger partial charge in [0.1, 0.15) is 17.0 Å². The normalized spacial score (nSPS) is 16.1. The van der Waals surface area contributed by atoms with Gasteiger partial charge in [-0.1, -0.05) is 54.7 Å². The summed E-state index contributed by atoms with van der Waals surface area (Å²) < 4.78 is 15.3. The number of carbonyl (C=O) groups is 2. The minimum Gasteiger partial charge on any atom is -0.497 e. The lowest BCUT2D eigenvalue weighted by Crippen LogP contribution is -2.69. The van der Waals surface area contributed by atoms with Gasteiger partial charge < -0.3 is 19.3 Å². The molecule has 5 rings (SSSR count). The van der Waals surface area contributed by atoms with E-state index < -0.39 is 5.54 Å². The lowest BCUT2D eigenvalue weighted by atomic mass is 9.79. The van der Waals surface area contributed by atoms with Crippen molar-refractivity contribution < 1.29 is 19.1 Å². The largest absolute Gasteiger partial charge is 0.497 e. The molecule has 1 fully saturated rings. The van der Waals surface area contributed by atoms with Crippen LogP contribution in [0.4, 0.5) is 5.69 Å². The molecule has 2 heterocycles. The summed E-state index contributed by atoms with van der Waals surface area (Å²) in [5, 5.41) is 3.46. The number of anilines is 1. The SMILES string of the molecule is CCC1(C(=O)N(CCCSNCc2ccc(OC)cc2OC)c2ccc(Cl)cc2)CCN1C(=O)c1csc2ccccc12. The Bertz CT molecular complexity index is 1570. The smallest absolute Gasteiger partial charge is 0.256 e. The number of likely N-dealkylation sites (tertiary alicyclic amines) is 1. The van der Waals surface area contributed by atoms with E-state index in [0.717, 1.165) is 45.0 Å². The number of benzene rings is 3. The number of halogens is 1. The summed E-state index contributed by atoms with van der Waals surface area (Å²) >= 11 is 9.35. The van der Waals surface area contributed by atoms with Crippen LogP contribution in [0.5, 0.6) is 11.5 Å². The number of ether oxygens (including phenoxy) is 2. The van der Waals surface area contributed by atoms with Crippen LogP contribution in [-0.2, 0) is 11.3 Å². The van der Waals surface area contributed by atoms with Gasteiger partial charge in [-0.2, -0.15) is 0 Å². The molecule has 0 saturated carbocycles. The highest BCUT2D eigenvalue weighted by Crippen LogP contribution is 2.40. The number of methoxy groups -OCH3 is 2. The standard InChI is InChI=1S/C33H36ClN3O4S2/c1-4-33(16-18-37(33)31(38)28-22-42-30-9-6-5-8-27(28)30)32(39)36(25-13-11-24(34)12-14-25)17-7-19-43-35-21-23-10-15-26(40-2)20-29(23)41-3/h5-6,8-15,20,22,35H,4,7,16-19,21H2,1-3H3. The molecular formula is C33H36ClN3O4S2. The maximum Gasteiger partial charge on any atom is 0.256 e. The fourth-order valence-electron chi connectivity index (χ4n) is 5.53. The lowest BCUT2D eigenvalue weighted by Gasteiger charge is -2.52. The van der Waals surface area contributed by atoms with Gasteiger partial charge in [0.05, 0.1) is 19.8 Å². The maximum absolute atomic E-state index is 14.4. The number of nitrogens with one attached hydrogen (secondary N) is 1. The van der Waals surface area contributed by atoms with E-state index in [2.05, 4.69) is 4.72 Å². The zero-order valence-corrected chi connectivity index (χ0v) is 27.0. The van der Waals surface area contributed by atoms with Crippen LogP contribution >= 0.6 is 34.9 Å². The summed E-state index contributed by atoms with van der Waals surface area (Å²) in [5.74, 6) is 2.19. The third kappa shape index (κ3) is 6.50. The molecule has 2 amide bonds. The summed E-state index contributed by atoms with van der Waals surface area (Å²) in [6.45, 7) is 3.71. The van der Waals surface area contributed by atoms with Gasteiger partial charge >= 0.3 is 0 Å². The second-order valence-electron chi connectivity index (χ2n) is 10.4. The van der Waals surface area contributed by atoms with E-state index in [0.29, 0.717) is 43.1 Å². The molecule has 1 aromatic heterocycles. The van der Waals surface area contributed by atoms with Gasteiger partial charge in [-0.25, -0.2) is 0 Å². The first-order chi connectivity index (χ1) is 20.9. The second-order valence-corrected chi connectivity index (χ2v) is 12.7. The summed E-state index contributed by atoms with van der Waals surface area (Å²) in [5.41, 5.74) is 1.60. The van der Waals surface area contributed by atoms with Crippen molar-refractivity contribution in [2.75, 3.05) is 38.0 Å². The van der Waals surface area contributed by atoms with E-state index >= 15 is 0 Å². The predicted octanol–water partition coefficient (Wildman–Crippen LogP) is 7.43. The number of hydrogen-bond acceptors (Lipinski definition) is 7. The Hall–Kier alpha value is -3.24. The zero-order chi connectivity index (χ0) is 30.4. The van der Waals surface area contributed by atoms with Crippen LogP contribution in [0.2, 0.25) is 5.02 Å². The molecule has 1 aliphatic rings. The van der Waals surface area contributed by atoms with Crippen molar-refractivity contribution in [3.63, 3.8) is 0 Å². The minimum absolute atomic E-state index is 0.0441. The third-order valence-electron chi connectivity index (χ3n) is 8.08. The van der Waals surface area contributed by atoms with Crippen LogP contribution in [-0.4, -0.2) is 55.3 Å². The highest BCUT2D eigenvalue weighted by Gasteiger charge is 2.54. The number of hydrogen-bond donors (Lipinski definition) is 1. The molecule has 3 aromatic carbocycles. The molecule has 1 aliphatic heterocycles. The van der Waals surface area contributed by atoms with Crippen LogP contribution < -0.4 is 19.1 Å². The Morgan fingerprint density at radius 2 is 1.88 bits per heavy atom. The molecule has 43 heavy (non-hydrogen) atoms. The van der Waals surface area contributed by atoms with Gasteiger partial charge in [0.2, 0.25) is 0 Å². The first-order valence-corrected chi connectivity index (χ1v) is 16.6. The van der Waals surface area contributed by atoms with Crippen LogP contribution in [0.15, 0.2) is 72.1 Å². The van der Waals surface area contributed by atoms with E-state index in [-0.39, 0.29) is 11.8 Å². The third-order valence-corrected chi connectivity index (χ3v) is 10.1. The quantitative estimate of drug-likeness (QED) is 0.121. The van der Waals surface area contributed by atoms with Crippen LogP contribution in [0.25, 0.3) is 10.1 Å². The van der Waals surface area contributed by atoms with Gasteiger partial charge in [-0.15, -0.1) is 11.3 Å². The van der Waals surface area contributed by atoms with E-state index in [9.17, 15) is 9.59 Å². The molecule has 0 aliphatic carbocycles. The van der Waals surface area contributed by atoms with Crippen molar-refractivity contribution in [2.45, 2.75) is 38.3 Å². The first-order valence-electron chi connectivity index (χ1n) is 14.3. The summed E-state index contributed by atoms with van der Waals surface area (Å²) in [6, 6.07) is 21.1. The molecule has 0 spiro atoms. The van der Waals surface area contributed by atoms with Crippen LogP contribution in [0.1, 0.15) is 42.1 Å². The number of thiophene rings is 1. The van der Waals surface area contributed by atoms with Crippen molar-refractivity contribution in [3.05, 3.63) is 88.3 Å². The molecule has 1 unspecified atom stereocenters. The van der Waals surface area contributed by atoms with Crippen molar-refractivity contribution in [3.8, 4) is 11.5 Å². The molecule has 1 atom stereocenters. The lowest BCUT2D eigenvalue weighted by molar-refractivity contribution is -0.136. The average molecular weight is 638 g/mol. The van der Waals surface area contributed by atoms with Gasteiger partial charge in [0.25, 0.3) is 11.8 Å². The van der Waals surface area contributed by atoms with E-state index in [1.54, 1.807) is 54.5 Å². The summed E-state index contributed by atoms with van der Waals surface area (Å²) in [4.78, 5) is 31.8. The molecule has 4 aromatic rings. The number of nitrogens with zero attached hydrogens (tertiary/aromatic N) is 2. The molecule has 0 radical (unpaired) electrons. The Kier molecular flexibility index (Phi) is 10.2. The van der Waals surface area contributed by atoms with Gasteiger partial charge in [0.15, 0.2) is 0 Å². The monoisotopic (exact) mass is 637 g/mol. The van der Waals surface area contributed by atoms with Crippen molar-refractivity contribution in [1.82, 2.24) is 9.62 Å². The molecule has 10 heteroatoms. The molecule has 7 nitrogen and oxygen atoms in total. The van der Waals surface area contributed by atoms with Gasteiger partial charge in [-0.05, 0) is 55.7 Å². The van der Waals surface area contributed by atoms with E-state index in [1.807, 2.05) is 71.8 Å². The zero-order valence-electron chi connectivity index (χ0n) is 24.6. The van der Waals surface area contributed by atoms with Crippen LogP contribution in [0.3, 0.4) is 0 Å². The van der Waals surface area contributed by atoms with Crippen molar-refractivity contribution in [1.29, 1.82) is 0 Å². The topological polar surface area (TPSA) is 71.1 Å². The van der Waals surface area contributed by atoms with E-state index in [4.69, 9.17) is 21.1 Å². The van der Waals surface area contributed by atoms with Crippen molar-refractivity contribution in [2.24, 2.45) is 0 Å². The minimum atomic E-state index is -0.879. The molecular weight excluding hydrogens is 602 g/mol. The number of fused-ring (bicyclic) bond motifs is 1. The molecule has 0 bridgehead atoms. The van der Waals surface area contributed by atoms with Gasteiger partial charge in [0, 0.05) is 63.2 Å². The Labute approximate surface area is 266 Å². The Balaban J connectivity index is 1.27. The average Bonchev–Trinajstić information content (AvgIpc) is 3.45. The molecule has 226 valence electrons. The maximum atomic E-state index is 14.4. The fourth-order valence-corrected chi connectivity index (χ4v) is 7.27. The summed E-state index contributed by atoms with van der Waals surface area (Å²) in [6.07, 6.45) is 1.94. The van der Waals surface area contributed by atoms with Gasteiger partial charge in [-0.3, -0.25) is 14.3 Å². The highest BCUT2D eigenvalue weighted by atomic mass is 35.5. The second kappa shape index (κ2) is 14.0. The molecule has 1 saturated heterocycles. The Morgan fingerprint density at radius 3 is 2.58 bits per heavy atom. The predicted molar refractivity (Wildman–Crippen MR) is 178 cm³/mol. The Morgan fingerprint density at radius 1 is 1.09 bits per heavy atom. The number of carbonyl (C=O) groups excluding carboxylic acids is 2. The highest BCUT2D eigenvalue weighted by molar-refractivity contribution is 7.97. The van der Waals surface area contributed by atoms with Crippen molar-refractivity contribution >= 4 is 62.5 Å². The number of rotatable bonds is 13. The molecule has 1 N–H and O–H groups in total. The fraction of sp³-hybridized carbons (Fsp3) is 0.333. The van der Waals surface area contributed by atoms with E-state index in [1.165, 1.54) is 0 Å². The number of amides is 2.